The van der Waals surface area contributed by atoms with Gasteiger partial charge in [-0.3, -0.25) is 0 Å². The topological polar surface area (TPSA) is 50.7 Å². The van der Waals surface area contributed by atoms with E-state index in [1.165, 1.54) is 11.1 Å². The molecule has 0 aliphatic rings. The fourth-order valence-electron chi connectivity index (χ4n) is 3.44. The molecule has 0 fully saturated rings. The second-order valence-electron chi connectivity index (χ2n) is 7.61. The number of hydrogen-bond donors (Lipinski definition) is 1. The van der Waals surface area contributed by atoms with Crippen LogP contribution >= 0.6 is 11.3 Å². The van der Waals surface area contributed by atoms with Gasteiger partial charge in [-0.15, -0.1) is 11.3 Å². The minimum Gasteiger partial charge on any atom is -0.366 e. The van der Waals surface area contributed by atoms with Gasteiger partial charge >= 0.3 is 0 Å². The second-order valence-corrected chi connectivity index (χ2v) is 8.47. The van der Waals surface area contributed by atoms with Gasteiger partial charge in [0.15, 0.2) is 0 Å². The number of aromatic nitrogens is 3. The van der Waals surface area contributed by atoms with E-state index in [0.29, 0.717) is 6.54 Å². The maximum absolute atomic E-state index is 4.83. The summed E-state index contributed by atoms with van der Waals surface area (Å²) in [5, 5.41) is 6.55. The zero-order chi connectivity index (χ0) is 21.8. The van der Waals surface area contributed by atoms with E-state index in [1.807, 2.05) is 36.4 Å². The first-order valence-electron chi connectivity index (χ1n) is 10.5. The van der Waals surface area contributed by atoms with E-state index in [4.69, 9.17) is 4.98 Å². The van der Waals surface area contributed by atoms with Crippen LogP contribution in [0.4, 0.5) is 5.82 Å². The van der Waals surface area contributed by atoms with E-state index in [2.05, 4.69) is 76.1 Å². The third-order valence-corrected chi connectivity index (χ3v) is 6.15. The molecule has 156 valence electrons. The summed E-state index contributed by atoms with van der Waals surface area (Å²) in [6, 6.07) is 29.1. The van der Waals surface area contributed by atoms with Crippen molar-refractivity contribution >= 4 is 17.2 Å². The summed E-state index contributed by atoms with van der Waals surface area (Å²) in [7, 11) is 0. The van der Waals surface area contributed by atoms with E-state index < -0.39 is 0 Å². The average Bonchev–Trinajstić information content (AvgIpc) is 3.35. The molecule has 4 nitrogen and oxygen atoms in total. The predicted octanol–water partition coefficient (Wildman–Crippen LogP) is 6.85. The Kier molecular flexibility index (Phi) is 5.73. The van der Waals surface area contributed by atoms with Crippen molar-refractivity contribution in [2.45, 2.75) is 13.5 Å². The Morgan fingerprint density at radius 1 is 0.750 bits per heavy atom. The van der Waals surface area contributed by atoms with Gasteiger partial charge < -0.3 is 5.32 Å². The molecule has 0 unspecified atom stereocenters. The molecule has 0 saturated carbocycles. The Bertz CT molecular complexity index is 1310. The van der Waals surface area contributed by atoms with Gasteiger partial charge in [0.25, 0.3) is 0 Å². The molecule has 0 bridgehead atoms. The summed E-state index contributed by atoms with van der Waals surface area (Å²) in [6.45, 7) is 2.79. The first kappa shape index (κ1) is 20.1. The molecule has 2 heterocycles. The van der Waals surface area contributed by atoms with Gasteiger partial charge in [0.1, 0.15) is 17.2 Å². The van der Waals surface area contributed by atoms with Crippen molar-refractivity contribution in [2.24, 2.45) is 0 Å². The fourth-order valence-corrected chi connectivity index (χ4v) is 4.28. The highest BCUT2D eigenvalue weighted by Crippen LogP contribution is 2.29. The van der Waals surface area contributed by atoms with Crippen LogP contribution in [0.15, 0.2) is 96.6 Å². The number of thiazole rings is 1. The molecule has 1 N–H and O–H groups in total. The second kappa shape index (κ2) is 9.12. The number of hydrogen-bond acceptors (Lipinski definition) is 5. The van der Waals surface area contributed by atoms with Crippen molar-refractivity contribution in [2.75, 3.05) is 5.32 Å². The van der Waals surface area contributed by atoms with Crippen molar-refractivity contribution in [3.05, 3.63) is 108 Å². The predicted molar refractivity (Wildman–Crippen MR) is 133 cm³/mol. The maximum atomic E-state index is 4.83. The highest BCUT2D eigenvalue weighted by atomic mass is 32.1. The third-order valence-electron chi connectivity index (χ3n) is 5.26. The first-order chi connectivity index (χ1) is 15.7. The summed E-state index contributed by atoms with van der Waals surface area (Å²) < 4.78 is 0. The minimum absolute atomic E-state index is 0.692. The number of rotatable bonds is 6. The molecule has 0 amide bonds. The number of anilines is 1. The number of aryl methyl sites for hydroxylation is 1. The van der Waals surface area contributed by atoms with Gasteiger partial charge in [0.05, 0.1) is 11.4 Å². The third kappa shape index (κ3) is 4.58. The van der Waals surface area contributed by atoms with Crippen molar-refractivity contribution in [1.82, 2.24) is 15.0 Å². The molecule has 5 heteroatoms. The number of nitrogens with one attached hydrogen (secondary N) is 1. The van der Waals surface area contributed by atoms with Crippen LogP contribution in [0.3, 0.4) is 0 Å². The summed E-state index contributed by atoms with van der Waals surface area (Å²) in [4.78, 5) is 13.6. The molecule has 5 rings (SSSR count). The average molecular weight is 435 g/mol. The largest absolute Gasteiger partial charge is 0.366 e. The standard InChI is InChI=1S/C27H22N4S/c1-19-7-11-22(12-8-19)25-17-32-27(31-25)23-13-9-20(10-14-23)16-28-26-15-24(29-18-30-26)21-5-3-2-4-6-21/h2-15,17-18H,16H2,1H3,(H,28,29,30). The van der Waals surface area contributed by atoms with E-state index in [0.717, 1.165) is 38.9 Å². The zero-order valence-electron chi connectivity index (χ0n) is 17.7. The van der Waals surface area contributed by atoms with Gasteiger partial charge in [0, 0.05) is 34.7 Å². The lowest BCUT2D eigenvalue weighted by molar-refractivity contribution is 1.08. The molecular formula is C27H22N4S. The van der Waals surface area contributed by atoms with E-state index in [-0.39, 0.29) is 0 Å². The van der Waals surface area contributed by atoms with Gasteiger partial charge in [-0.05, 0) is 12.5 Å². The lowest BCUT2D eigenvalue weighted by atomic mass is 10.1. The monoisotopic (exact) mass is 434 g/mol. The minimum atomic E-state index is 0.692. The smallest absolute Gasteiger partial charge is 0.130 e. The molecule has 2 aromatic heterocycles. The molecule has 0 aliphatic carbocycles. The molecule has 0 aliphatic heterocycles. The van der Waals surface area contributed by atoms with Gasteiger partial charge in [0.2, 0.25) is 0 Å². The van der Waals surface area contributed by atoms with Crippen LogP contribution in [-0.2, 0) is 6.54 Å². The fraction of sp³-hybridized carbons (Fsp3) is 0.0741. The van der Waals surface area contributed by atoms with Crippen molar-refractivity contribution in [3.8, 4) is 33.1 Å². The number of nitrogens with zero attached hydrogens (tertiary/aromatic N) is 3. The normalized spacial score (nSPS) is 10.8. The van der Waals surface area contributed by atoms with Crippen LogP contribution in [-0.4, -0.2) is 15.0 Å². The van der Waals surface area contributed by atoms with Crippen LogP contribution < -0.4 is 5.32 Å². The van der Waals surface area contributed by atoms with E-state index >= 15 is 0 Å². The first-order valence-corrected chi connectivity index (χ1v) is 11.4. The molecule has 0 spiro atoms. The Balaban J connectivity index is 1.25. The lowest BCUT2D eigenvalue weighted by Gasteiger charge is -2.08. The highest BCUT2D eigenvalue weighted by molar-refractivity contribution is 7.13. The lowest BCUT2D eigenvalue weighted by Crippen LogP contribution is -2.02. The highest BCUT2D eigenvalue weighted by Gasteiger charge is 2.07. The Morgan fingerprint density at radius 2 is 1.47 bits per heavy atom. The summed E-state index contributed by atoms with van der Waals surface area (Å²) in [5.41, 5.74) is 7.73. The zero-order valence-corrected chi connectivity index (χ0v) is 18.5. The van der Waals surface area contributed by atoms with E-state index in [1.54, 1.807) is 17.7 Å². The van der Waals surface area contributed by atoms with Crippen molar-refractivity contribution < 1.29 is 0 Å². The van der Waals surface area contributed by atoms with Gasteiger partial charge in [-0.1, -0.05) is 84.4 Å². The molecule has 32 heavy (non-hydrogen) atoms. The van der Waals surface area contributed by atoms with Crippen LogP contribution in [0.1, 0.15) is 11.1 Å². The van der Waals surface area contributed by atoms with Gasteiger partial charge in [-0.2, -0.15) is 0 Å². The summed E-state index contributed by atoms with van der Waals surface area (Å²) >= 11 is 1.67. The van der Waals surface area contributed by atoms with Crippen LogP contribution in [0.2, 0.25) is 0 Å². The summed E-state index contributed by atoms with van der Waals surface area (Å²) in [5.74, 6) is 0.811. The van der Waals surface area contributed by atoms with E-state index in [9.17, 15) is 0 Å². The van der Waals surface area contributed by atoms with Crippen LogP contribution in [0, 0.1) is 6.92 Å². The Morgan fingerprint density at radius 3 is 2.25 bits per heavy atom. The molecular weight excluding hydrogens is 412 g/mol. The Hall–Kier alpha value is -3.83. The SMILES string of the molecule is Cc1ccc(-c2csc(-c3ccc(CNc4cc(-c5ccccc5)ncn4)cc3)n2)cc1. The molecule has 0 atom stereocenters. The molecule has 3 aromatic carbocycles. The molecule has 0 saturated heterocycles. The quantitative estimate of drug-likeness (QED) is 0.317. The molecule has 5 aromatic rings. The van der Waals surface area contributed by atoms with Gasteiger partial charge in [-0.25, -0.2) is 15.0 Å². The van der Waals surface area contributed by atoms with Crippen molar-refractivity contribution in [1.29, 1.82) is 0 Å². The van der Waals surface area contributed by atoms with Crippen molar-refractivity contribution in [3.63, 3.8) is 0 Å². The van der Waals surface area contributed by atoms with Crippen LogP contribution in [0.25, 0.3) is 33.1 Å². The molecule has 0 radical (unpaired) electrons. The summed E-state index contributed by atoms with van der Waals surface area (Å²) in [6.07, 6.45) is 1.60. The van der Waals surface area contributed by atoms with Crippen LogP contribution in [0.5, 0.6) is 0 Å². The Labute approximate surface area is 191 Å². The number of benzene rings is 3. The maximum Gasteiger partial charge on any atom is 0.130 e.